The number of rotatable bonds is 6. The number of aromatic nitrogens is 4. The average Bonchev–Trinajstić information content (AvgIpc) is 2.85. The van der Waals surface area contributed by atoms with Gasteiger partial charge in [-0.05, 0) is 24.6 Å². The second-order valence-corrected chi connectivity index (χ2v) is 7.27. The van der Waals surface area contributed by atoms with Crippen LogP contribution in [-0.4, -0.2) is 66.0 Å². The molecule has 0 radical (unpaired) electrons. The molecule has 1 N–H and O–H groups in total. The number of hydrogen-bond donors (Lipinski definition) is 1. The number of hydrogen-bond acceptors (Lipinski definition) is 9. The molecular formula is C22H24N6O3. The summed E-state index contributed by atoms with van der Waals surface area (Å²) in [5.74, 6) is 3.04. The SMILES string of the molecule is c1nc(NCCc2ccnc3c2OCCO3)cc(-c2ccc(N3CCOCC3)nc2)n1. The Labute approximate surface area is 180 Å². The normalized spacial score (nSPS) is 15.5. The zero-order valence-electron chi connectivity index (χ0n) is 17.2. The van der Waals surface area contributed by atoms with Gasteiger partial charge < -0.3 is 24.4 Å². The molecule has 3 aromatic heterocycles. The molecule has 1 fully saturated rings. The predicted molar refractivity (Wildman–Crippen MR) is 116 cm³/mol. The van der Waals surface area contributed by atoms with Crippen LogP contribution < -0.4 is 19.7 Å². The van der Waals surface area contributed by atoms with Gasteiger partial charge in [0, 0.05) is 49.2 Å². The molecule has 2 aliphatic rings. The molecule has 0 unspecified atom stereocenters. The Morgan fingerprint density at radius 3 is 2.71 bits per heavy atom. The van der Waals surface area contributed by atoms with Crippen LogP contribution in [0.4, 0.5) is 11.6 Å². The summed E-state index contributed by atoms with van der Waals surface area (Å²) in [6, 6.07) is 7.98. The van der Waals surface area contributed by atoms with Gasteiger partial charge in [0.25, 0.3) is 5.88 Å². The number of nitrogens with zero attached hydrogens (tertiary/aromatic N) is 5. The molecular weight excluding hydrogens is 396 g/mol. The van der Waals surface area contributed by atoms with Crippen LogP contribution in [0.1, 0.15) is 5.56 Å². The van der Waals surface area contributed by atoms with E-state index in [-0.39, 0.29) is 0 Å². The molecule has 0 atom stereocenters. The van der Waals surface area contributed by atoms with E-state index in [1.165, 1.54) is 0 Å². The van der Waals surface area contributed by atoms with E-state index in [0.717, 1.165) is 66.9 Å². The van der Waals surface area contributed by atoms with Gasteiger partial charge in [-0.2, -0.15) is 0 Å². The van der Waals surface area contributed by atoms with E-state index in [9.17, 15) is 0 Å². The standard InChI is InChI=1S/C22H24N6O3/c1-2-20(28-7-9-29-10-8-28)25-14-17(1)18-13-19(27-15-26-18)23-5-3-16-4-6-24-22-21(16)30-11-12-31-22/h1-2,4,6,13-15H,3,5,7-12H2,(H,23,26,27). The van der Waals surface area contributed by atoms with Gasteiger partial charge >= 0.3 is 0 Å². The minimum atomic E-state index is 0.535. The lowest BCUT2D eigenvalue weighted by molar-refractivity contribution is 0.122. The van der Waals surface area contributed by atoms with E-state index >= 15 is 0 Å². The topological polar surface area (TPSA) is 94.5 Å². The molecule has 0 saturated carbocycles. The van der Waals surface area contributed by atoms with Crippen LogP contribution in [0.15, 0.2) is 43.0 Å². The van der Waals surface area contributed by atoms with E-state index in [4.69, 9.17) is 14.2 Å². The maximum atomic E-state index is 5.73. The molecule has 0 aliphatic carbocycles. The van der Waals surface area contributed by atoms with Crippen LogP contribution in [0.2, 0.25) is 0 Å². The summed E-state index contributed by atoms with van der Waals surface area (Å²) in [6.07, 6.45) is 5.94. The van der Waals surface area contributed by atoms with Crippen molar-refractivity contribution >= 4 is 11.6 Å². The lowest BCUT2D eigenvalue weighted by Crippen LogP contribution is -2.36. The molecule has 0 bridgehead atoms. The van der Waals surface area contributed by atoms with Crippen molar-refractivity contribution in [2.75, 3.05) is 56.3 Å². The van der Waals surface area contributed by atoms with Gasteiger partial charge in [-0.3, -0.25) is 0 Å². The maximum absolute atomic E-state index is 5.73. The molecule has 3 aromatic rings. The van der Waals surface area contributed by atoms with E-state index in [1.54, 1.807) is 12.5 Å². The smallest absolute Gasteiger partial charge is 0.257 e. The third-order valence-corrected chi connectivity index (χ3v) is 5.27. The van der Waals surface area contributed by atoms with Crippen molar-refractivity contribution < 1.29 is 14.2 Å². The highest BCUT2D eigenvalue weighted by molar-refractivity contribution is 5.62. The Hall–Kier alpha value is -3.46. The molecule has 0 spiro atoms. The van der Waals surface area contributed by atoms with Gasteiger partial charge in [-0.25, -0.2) is 19.9 Å². The summed E-state index contributed by atoms with van der Waals surface area (Å²) >= 11 is 0. The minimum absolute atomic E-state index is 0.535. The van der Waals surface area contributed by atoms with Gasteiger partial charge in [0.2, 0.25) is 0 Å². The maximum Gasteiger partial charge on any atom is 0.257 e. The first-order valence-corrected chi connectivity index (χ1v) is 10.5. The third-order valence-electron chi connectivity index (χ3n) is 5.27. The fraction of sp³-hybridized carbons (Fsp3) is 0.364. The zero-order chi connectivity index (χ0) is 20.9. The second kappa shape index (κ2) is 9.13. The molecule has 0 aromatic carbocycles. The number of nitrogens with one attached hydrogen (secondary N) is 1. The summed E-state index contributed by atoms with van der Waals surface area (Å²) < 4.78 is 16.7. The zero-order valence-corrected chi connectivity index (χ0v) is 17.2. The Bertz CT molecular complexity index is 1020. The summed E-state index contributed by atoms with van der Waals surface area (Å²) in [4.78, 5) is 19.8. The highest BCUT2D eigenvalue weighted by Crippen LogP contribution is 2.31. The van der Waals surface area contributed by atoms with Gasteiger partial charge in [-0.15, -0.1) is 0 Å². The van der Waals surface area contributed by atoms with E-state index in [0.29, 0.717) is 25.6 Å². The molecule has 160 valence electrons. The van der Waals surface area contributed by atoms with Crippen molar-refractivity contribution in [2.24, 2.45) is 0 Å². The van der Waals surface area contributed by atoms with E-state index in [2.05, 4.69) is 30.2 Å². The molecule has 9 nitrogen and oxygen atoms in total. The lowest BCUT2D eigenvalue weighted by atomic mass is 10.1. The number of anilines is 2. The van der Waals surface area contributed by atoms with Crippen LogP contribution in [0.3, 0.4) is 0 Å². The fourth-order valence-electron chi connectivity index (χ4n) is 3.66. The number of ether oxygens (including phenoxy) is 3. The third kappa shape index (κ3) is 4.51. The summed E-state index contributed by atoms with van der Waals surface area (Å²) in [7, 11) is 0. The Balaban J connectivity index is 1.22. The van der Waals surface area contributed by atoms with Crippen molar-refractivity contribution in [3.05, 3.63) is 48.5 Å². The first-order valence-electron chi connectivity index (χ1n) is 10.5. The number of morpholine rings is 1. The average molecular weight is 420 g/mol. The van der Waals surface area contributed by atoms with Crippen molar-refractivity contribution in [3.8, 4) is 22.9 Å². The van der Waals surface area contributed by atoms with Crippen molar-refractivity contribution in [2.45, 2.75) is 6.42 Å². The Kier molecular flexibility index (Phi) is 5.74. The van der Waals surface area contributed by atoms with Crippen LogP contribution in [-0.2, 0) is 11.2 Å². The molecule has 9 heteroatoms. The molecule has 2 aliphatic heterocycles. The van der Waals surface area contributed by atoms with E-state index < -0.39 is 0 Å². The second-order valence-electron chi connectivity index (χ2n) is 7.27. The van der Waals surface area contributed by atoms with Crippen LogP contribution in [0, 0.1) is 0 Å². The van der Waals surface area contributed by atoms with Gasteiger partial charge in [-0.1, -0.05) is 0 Å². The Morgan fingerprint density at radius 1 is 0.935 bits per heavy atom. The summed E-state index contributed by atoms with van der Waals surface area (Å²) in [5, 5.41) is 3.36. The highest BCUT2D eigenvalue weighted by Gasteiger charge is 2.17. The monoisotopic (exact) mass is 420 g/mol. The number of fused-ring (bicyclic) bond motifs is 1. The molecule has 5 rings (SSSR count). The van der Waals surface area contributed by atoms with Crippen molar-refractivity contribution in [1.82, 2.24) is 19.9 Å². The van der Waals surface area contributed by atoms with Crippen molar-refractivity contribution in [1.29, 1.82) is 0 Å². The molecule has 31 heavy (non-hydrogen) atoms. The van der Waals surface area contributed by atoms with Gasteiger partial charge in [0.15, 0.2) is 5.75 Å². The highest BCUT2D eigenvalue weighted by atomic mass is 16.6. The molecule has 0 amide bonds. The predicted octanol–water partition coefficient (Wildman–Crippen LogP) is 2.20. The summed E-state index contributed by atoms with van der Waals surface area (Å²) in [5.41, 5.74) is 2.85. The van der Waals surface area contributed by atoms with Crippen LogP contribution in [0.5, 0.6) is 11.6 Å². The molecule has 5 heterocycles. The van der Waals surface area contributed by atoms with Crippen LogP contribution >= 0.6 is 0 Å². The first kappa shape index (κ1) is 19.5. The quantitative estimate of drug-likeness (QED) is 0.644. The Morgan fingerprint density at radius 2 is 1.84 bits per heavy atom. The number of pyridine rings is 2. The summed E-state index contributed by atoms with van der Waals surface area (Å²) in [6.45, 7) is 5.00. The molecule has 1 saturated heterocycles. The van der Waals surface area contributed by atoms with Crippen LogP contribution in [0.25, 0.3) is 11.3 Å². The first-order chi connectivity index (χ1) is 15.4. The van der Waals surface area contributed by atoms with Crippen molar-refractivity contribution in [3.63, 3.8) is 0 Å². The van der Waals surface area contributed by atoms with E-state index in [1.807, 2.05) is 30.5 Å². The van der Waals surface area contributed by atoms with Gasteiger partial charge in [0.1, 0.15) is 31.2 Å². The lowest BCUT2D eigenvalue weighted by Gasteiger charge is -2.27. The van der Waals surface area contributed by atoms with Gasteiger partial charge in [0.05, 0.1) is 18.9 Å². The fourth-order valence-corrected chi connectivity index (χ4v) is 3.66. The largest absolute Gasteiger partial charge is 0.484 e. The minimum Gasteiger partial charge on any atom is -0.484 e.